The van der Waals surface area contributed by atoms with Gasteiger partial charge < -0.3 is 10.6 Å². The summed E-state index contributed by atoms with van der Waals surface area (Å²) in [6.45, 7) is 1.38. The van der Waals surface area contributed by atoms with Crippen molar-refractivity contribution in [3.8, 4) is 11.3 Å². The summed E-state index contributed by atoms with van der Waals surface area (Å²) in [5.74, 6) is -0.752. The molecule has 0 radical (unpaired) electrons. The summed E-state index contributed by atoms with van der Waals surface area (Å²) < 4.78 is 1.29. The van der Waals surface area contributed by atoms with Gasteiger partial charge in [0.15, 0.2) is 0 Å². The third kappa shape index (κ3) is 5.06. The first-order chi connectivity index (χ1) is 16.9. The maximum Gasteiger partial charge on any atom is 0.278 e. The maximum absolute atomic E-state index is 13.5. The SMILES string of the molecule is CCC(=O)Nc1ccccc1-c1nc2ccccc2n(CC(=O)Nc2cccc([N+](=O)[O-])c2)c1=O. The van der Waals surface area contributed by atoms with Crippen molar-refractivity contribution in [1.29, 1.82) is 0 Å². The first-order valence-corrected chi connectivity index (χ1v) is 10.8. The highest BCUT2D eigenvalue weighted by Crippen LogP contribution is 2.26. The summed E-state index contributed by atoms with van der Waals surface area (Å²) in [4.78, 5) is 53.4. The molecule has 10 nitrogen and oxygen atoms in total. The minimum Gasteiger partial charge on any atom is -0.325 e. The van der Waals surface area contributed by atoms with Gasteiger partial charge in [-0.25, -0.2) is 4.98 Å². The molecule has 2 amide bonds. The van der Waals surface area contributed by atoms with Crippen molar-refractivity contribution in [3.63, 3.8) is 0 Å². The van der Waals surface area contributed by atoms with Gasteiger partial charge in [-0.15, -0.1) is 0 Å². The molecule has 0 fully saturated rings. The fourth-order valence-corrected chi connectivity index (χ4v) is 3.60. The number of nitrogens with one attached hydrogen (secondary N) is 2. The molecule has 0 spiro atoms. The number of hydrogen-bond donors (Lipinski definition) is 2. The summed E-state index contributed by atoms with van der Waals surface area (Å²) in [6.07, 6.45) is 0.265. The minimum atomic E-state index is -0.558. The monoisotopic (exact) mass is 471 g/mol. The zero-order valence-electron chi connectivity index (χ0n) is 18.7. The van der Waals surface area contributed by atoms with Gasteiger partial charge in [0.25, 0.3) is 11.2 Å². The first kappa shape index (κ1) is 23.3. The normalized spacial score (nSPS) is 10.7. The van der Waals surface area contributed by atoms with Crippen molar-refractivity contribution < 1.29 is 14.5 Å². The molecule has 1 aromatic heterocycles. The largest absolute Gasteiger partial charge is 0.325 e. The molecular formula is C25H21N5O5. The topological polar surface area (TPSA) is 136 Å². The Morgan fingerprint density at radius 3 is 2.49 bits per heavy atom. The lowest BCUT2D eigenvalue weighted by atomic mass is 10.1. The molecule has 35 heavy (non-hydrogen) atoms. The summed E-state index contributed by atoms with van der Waals surface area (Å²) in [5, 5.41) is 16.4. The van der Waals surface area contributed by atoms with Crippen molar-refractivity contribution >= 4 is 39.9 Å². The molecule has 0 saturated heterocycles. The molecular weight excluding hydrogens is 450 g/mol. The van der Waals surface area contributed by atoms with Crippen molar-refractivity contribution in [2.75, 3.05) is 10.6 Å². The number of benzene rings is 3. The predicted molar refractivity (Wildman–Crippen MR) is 132 cm³/mol. The molecule has 0 atom stereocenters. The number of nitro benzene ring substituents is 1. The molecule has 0 aliphatic carbocycles. The fourth-order valence-electron chi connectivity index (χ4n) is 3.60. The van der Waals surface area contributed by atoms with Crippen LogP contribution in [0, 0.1) is 10.1 Å². The Hall–Kier alpha value is -4.86. The van der Waals surface area contributed by atoms with Crippen LogP contribution in [0.15, 0.2) is 77.6 Å². The number of rotatable bonds is 7. The Morgan fingerprint density at radius 2 is 1.71 bits per heavy atom. The standard InChI is InChI=1S/C25H21N5O5/c1-2-22(31)27-19-11-4-3-10-18(19)24-25(33)29(21-13-6-5-12-20(21)28-24)15-23(32)26-16-8-7-9-17(14-16)30(34)35/h3-14H,2,15H2,1H3,(H,26,32)(H,27,31). The molecule has 4 rings (SSSR count). The molecule has 0 unspecified atom stereocenters. The third-order valence-electron chi connectivity index (χ3n) is 5.27. The van der Waals surface area contributed by atoms with Gasteiger partial charge in [-0.2, -0.15) is 0 Å². The van der Waals surface area contributed by atoms with Crippen LogP contribution in [0.1, 0.15) is 13.3 Å². The van der Waals surface area contributed by atoms with Crippen LogP contribution in [0.4, 0.5) is 17.1 Å². The van der Waals surface area contributed by atoms with Gasteiger partial charge in [0.2, 0.25) is 11.8 Å². The number of amides is 2. The molecule has 0 aliphatic rings. The third-order valence-corrected chi connectivity index (χ3v) is 5.27. The Labute approximate surface area is 199 Å². The van der Waals surface area contributed by atoms with Crippen LogP contribution < -0.4 is 16.2 Å². The second-order valence-electron chi connectivity index (χ2n) is 7.64. The van der Waals surface area contributed by atoms with Crippen LogP contribution in [0.5, 0.6) is 0 Å². The lowest BCUT2D eigenvalue weighted by Crippen LogP contribution is -2.30. The van der Waals surface area contributed by atoms with E-state index in [9.17, 15) is 24.5 Å². The average Bonchev–Trinajstić information content (AvgIpc) is 2.86. The van der Waals surface area contributed by atoms with Crippen molar-refractivity contribution in [2.24, 2.45) is 0 Å². The van der Waals surface area contributed by atoms with Gasteiger partial charge in [0, 0.05) is 29.8 Å². The van der Waals surface area contributed by atoms with E-state index in [0.29, 0.717) is 22.3 Å². The van der Waals surface area contributed by atoms with Crippen LogP contribution in [0.3, 0.4) is 0 Å². The predicted octanol–water partition coefficient (Wildman–Crippen LogP) is 3.96. The van der Waals surface area contributed by atoms with E-state index < -0.39 is 16.4 Å². The number of anilines is 2. The smallest absolute Gasteiger partial charge is 0.278 e. The van der Waals surface area contributed by atoms with Gasteiger partial charge in [-0.1, -0.05) is 43.3 Å². The van der Waals surface area contributed by atoms with Crippen molar-refractivity contribution in [3.05, 3.63) is 93.3 Å². The van der Waals surface area contributed by atoms with Crippen LogP contribution in [0.25, 0.3) is 22.3 Å². The van der Waals surface area contributed by atoms with Crippen molar-refractivity contribution in [2.45, 2.75) is 19.9 Å². The molecule has 0 saturated carbocycles. The van der Waals surface area contributed by atoms with Crippen LogP contribution in [-0.2, 0) is 16.1 Å². The molecule has 2 N–H and O–H groups in total. The molecule has 176 valence electrons. The average molecular weight is 471 g/mol. The van der Waals surface area contributed by atoms with Gasteiger partial charge in [0.05, 0.1) is 21.6 Å². The van der Waals surface area contributed by atoms with Gasteiger partial charge in [-0.3, -0.25) is 29.1 Å². The second kappa shape index (κ2) is 9.96. The van der Waals surface area contributed by atoms with E-state index in [2.05, 4.69) is 15.6 Å². The van der Waals surface area contributed by atoms with E-state index in [1.54, 1.807) is 55.5 Å². The number of para-hydroxylation sites is 3. The first-order valence-electron chi connectivity index (χ1n) is 10.8. The molecule has 1 heterocycles. The molecule has 0 aliphatic heterocycles. The summed E-state index contributed by atoms with van der Waals surface area (Å²) in [6, 6.07) is 19.3. The van der Waals surface area contributed by atoms with E-state index in [0.717, 1.165) is 0 Å². The number of nitrogens with zero attached hydrogens (tertiary/aromatic N) is 3. The van der Waals surface area contributed by atoms with E-state index >= 15 is 0 Å². The lowest BCUT2D eigenvalue weighted by molar-refractivity contribution is -0.384. The van der Waals surface area contributed by atoms with Crippen LogP contribution >= 0.6 is 0 Å². The second-order valence-corrected chi connectivity index (χ2v) is 7.64. The van der Waals surface area contributed by atoms with E-state index in [-0.39, 0.29) is 35.9 Å². The quantitative estimate of drug-likeness (QED) is 0.309. The maximum atomic E-state index is 13.5. The Kier molecular flexibility index (Phi) is 6.63. The molecule has 10 heteroatoms. The lowest BCUT2D eigenvalue weighted by Gasteiger charge is -2.14. The summed E-state index contributed by atoms with van der Waals surface area (Å²) in [5.41, 5.74) is 1.44. The number of hydrogen-bond acceptors (Lipinski definition) is 6. The number of fused-ring (bicyclic) bond motifs is 1. The van der Waals surface area contributed by atoms with Crippen LogP contribution in [0.2, 0.25) is 0 Å². The minimum absolute atomic E-state index is 0.0823. The van der Waals surface area contributed by atoms with Gasteiger partial charge in [-0.05, 0) is 24.3 Å². The van der Waals surface area contributed by atoms with Gasteiger partial charge >= 0.3 is 0 Å². The van der Waals surface area contributed by atoms with E-state index in [4.69, 9.17) is 0 Å². The highest BCUT2D eigenvalue weighted by Gasteiger charge is 2.18. The molecule has 3 aromatic carbocycles. The molecule has 0 bridgehead atoms. The zero-order chi connectivity index (χ0) is 24.9. The highest BCUT2D eigenvalue weighted by molar-refractivity contribution is 5.95. The fraction of sp³-hybridized carbons (Fsp3) is 0.120. The Bertz CT molecular complexity index is 1510. The number of carbonyl (C=O) groups is 2. The van der Waals surface area contributed by atoms with Crippen molar-refractivity contribution in [1.82, 2.24) is 9.55 Å². The van der Waals surface area contributed by atoms with E-state index in [1.165, 1.54) is 28.8 Å². The van der Waals surface area contributed by atoms with E-state index in [1.807, 2.05) is 0 Å². The Balaban J connectivity index is 1.76. The Morgan fingerprint density at radius 1 is 0.971 bits per heavy atom. The van der Waals surface area contributed by atoms with Gasteiger partial charge in [0.1, 0.15) is 12.2 Å². The van der Waals surface area contributed by atoms with Crippen LogP contribution in [-0.4, -0.2) is 26.3 Å². The number of non-ortho nitro benzene ring substituents is 1. The molecule has 4 aromatic rings. The number of aromatic nitrogens is 2. The summed E-state index contributed by atoms with van der Waals surface area (Å²) in [7, 11) is 0. The summed E-state index contributed by atoms with van der Waals surface area (Å²) >= 11 is 0. The number of nitro groups is 1. The highest BCUT2D eigenvalue weighted by atomic mass is 16.6. The number of carbonyl (C=O) groups excluding carboxylic acids is 2. The zero-order valence-corrected chi connectivity index (χ0v) is 18.7.